The van der Waals surface area contributed by atoms with Crippen LogP contribution in [0.15, 0.2) is 12.3 Å². The Balaban J connectivity index is 2.36. The van der Waals surface area contributed by atoms with E-state index in [0.29, 0.717) is 6.61 Å². The number of fused-ring (bicyclic) bond motifs is 1. The molecular formula is C12H18N2O. The molecule has 3 nitrogen and oxygen atoms in total. The molecule has 82 valence electrons. The highest BCUT2D eigenvalue weighted by Crippen LogP contribution is 2.26. The first-order valence-corrected chi connectivity index (χ1v) is 5.40. The number of rotatable bonds is 0. The highest BCUT2D eigenvalue weighted by molar-refractivity contribution is 5.33. The molecule has 0 spiro atoms. The van der Waals surface area contributed by atoms with Crippen LogP contribution >= 0.6 is 0 Å². The van der Waals surface area contributed by atoms with Crippen LogP contribution in [0.2, 0.25) is 0 Å². The zero-order chi connectivity index (χ0) is 10.9. The highest BCUT2D eigenvalue weighted by Gasteiger charge is 2.17. The summed E-state index contributed by atoms with van der Waals surface area (Å²) in [6.07, 6.45) is 1.92. The van der Waals surface area contributed by atoms with E-state index in [1.807, 2.05) is 6.20 Å². The third kappa shape index (κ3) is 2.29. The molecule has 0 radical (unpaired) electrons. The lowest BCUT2D eigenvalue weighted by atomic mass is 9.87. The fourth-order valence-corrected chi connectivity index (χ4v) is 1.61. The molecule has 1 N–H and O–H groups in total. The fourth-order valence-electron chi connectivity index (χ4n) is 1.61. The van der Waals surface area contributed by atoms with Gasteiger partial charge in [0.25, 0.3) is 0 Å². The van der Waals surface area contributed by atoms with Crippen LogP contribution in [0, 0.1) is 0 Å². The Hall–Kier alpha value is -1.09. The van der Waals surface area contributed by atoms with Gasteiger partial charge in [0, 0.05) is 24.8 Å². The van der Waals surface area contributed by atoms with Crippen molar-refractivity contribution < 1.29 is 4.74 Å². The minimum atomic E-state index is 0.147. The lowest BCUT2D eigenvalue weighted by Gasteiger charge is -2.19. The number of nitrogens with zero attached hydrogens (tertiary/aromatic N) is 1. The number of pyridine rings is 1. The average molecular weight is 206 g/mol. The predicted molar refractivity (Wildman–Crippen MR) is 60.1 cm³/mol. The molecule has 3 heteroatoms. The molecule has 1 aromatic rings. The van der Waals surface area contributed by atoms with Crippen LogP contribution in [0.4, 0.5) is 0 Å². The molecule has 15 heavy (non-hydrogen) atoms. The van der Waals surface area contributed by atoms with Crippen molar-refractivity contribution in [3.8, 4) is 5.88 Å². The summed E-state index contributed by atoms with van der Waals surface area (Å²) in [5.41, 5.74) is 2.57. The molecule has 0 saturated heterocycles. The van der Waals surface area contributed by atoms with E-state index in [9.17, 15) is 0 Å². The Morgan fingerprint density at radius 2 is 2.20 bits per heavy atom. The maximum Gasteiger partial charge on any atom is 0.217 e. The normalized spacial score (nSPS) is 16.5. The van der Waals surface area contributed by atoms with Gasteiger partial charge in [-0.15, -0.1) is 0 Å². The summed E-state index contributed by atoms with van der Waals surface area (Å²) in [6.45, 7) is 9.03. The van der Waals surface area contributed by atoms with E-state index >= 15 is 0 Å². The first kappa shape index (κ1) is 10.4. The van der Waals surface area contributed by atoms with Gasteiger partial charge >= 0.3 is 0 Å². The number of ether oxygens (including phenoxy) is 1. The number of aromatic nitrogens is 1. The Morgan fingerprint density at radius 3 is 2.93 bits per heavy atom. The quantitative estimate of drug-likeness (QED) is 0.703. The summed E-state index contributed by atoms with van der Waals surface area (Å²) in [4.78, 5) is 4.38. The topological polar surface area (TPSA) is 34.2 Å². The standard InChI is InChI=1S/C12H18N2O/c1-12(2,3)10-6-9-7-13-4-5-15-11(9)14-8-10/h6,8,13H,4-5,7H2,1-3H3. The molecule has 0 aromatic carbocycles. The molecule has 2 rings (SSSR count). The van der Waals surface area contributed by atoms with Crippen LogP contribution in [0.3, 0.4) is 0 Å². The van der Waals surface area contributed by atoms with Crippen LogP contribution in [-0.2, 0) is 12.0 Å². The lowest BCUT2D eigenvalue weighted by Crippen LogP contribution is -2.16. The van der Waals surface area contributed by atoms with Crippen molar-refractivity contribution in [2.24, 2.45) is 0 Å². The SMILES string of the molecule is CC(C)(C)c1cnc2c(c1)CNCCO2. The summed E-state index contributed by atoms with van der Waals surface area (Å²) < 4.78 is 5.54. The van der Waals surface area contributed by atoms with E-state index in [1.54, 1.807) is 0 Å². The van der Waals surface area contributed by atoms with E-state index in [2.05, 4.69) is 37.1 Å². The van der Waals surface area contributed by atoms with Crippen molar-refractivity contribution in [1.29, 1.82) is 0 Å². The second-order valence-corrected chi connectivity index (χ2v) is 4.96. The van der Waals surface area contributed by atoms with Crippen LogP contribution < -0.4 is 10.1 Å². The maximum atomic E-state index is 5.54. The highest BCUT2D eigenvalue weighted by atomic mass is 16.5. The monoisotopic (exact) mass is 206 g/mol. The summed E-state index contributed by atoms with van der Waals surface area (Å²) in [5, 5.41) is 3.32. The number of hydrogen-bond donors (Lipinski definition) is 1. The molecule has 0 aliphatic carbocycles. The van der Waals surface area contributed by atoms with Crippen molar-refractivity contribution in [3.63, 3.8) is 0 Å². The van der Waals surface area contributed by atoms with Gasteiger partial charge in [-0.3, -0.25) is 0 Å². The van der Waals surface area contributed by atoms with Gasteiger partial charge in [-0.1, -0.05) is 20.8 Å². The van der Waals surface area contributed by atoms with Gasteiger partial charge in [0.15, 0.2) is 0 Å². The van der Waals surface area contributed by atoms with E-state index in [4.69, 9.17) is 4.74 Å². The maximum absolute atomic E-state index is 5.54. The molecule has 0 bridgehead atoms. The molecule has 0 unspecified atom stereocenters. The van der Waals surface area contributed by atoms with Gasteiger partial charge < -0.3 is 10.1 Å². The van der Waals surface area contributed by atoms with E-state index in [-0.39, 0.29) is 5.41 Å². The first-order chi connectivity index (χ1) is 7.07. The molecule has 2 heterocycles. The van der Waals surface area contributed by atoms with Crippen LogP contribution in [0.25, 0.3) is 0 Å². The van der Waals surface area contributed by atoms with Gasteiger partial charge in [-0.2, -0.15) is 0 Å². The average Bonchev–Trinajstić information content (AvgIpc) is 2.39. The second-order valence-electron chi connectivity index (χ2n) is 4.96. The van der Waals surface area contributed by atoms with Crippen molar-refractivity contribution in [2.75, 3.05) is 13.2 Å². The van der Waals surface area contributed by atoms with Crippen molar-refractivity contribution in [1.82, 2.24) is 10.3 Å². The van der Waals surface area contributed by atoms with E-state index < -0.39 is 0 Å². The molecule has 0 fully saturated rings. The second kappa shape index (κ2) is 3.81. The predicted octanol–water partition coefficient (Wildman–Crippen LogP) is 1.86. The van der Waals surface area contributed by atoms with Gasteiger partial charge in [0.2, 0.25) is 5.88 Å². The van der Waals surface area contributed by atoms with Crippen LogP contribution in [0.1, 0.15) is 31.9 Å². The molecule has 0 atom stereocenters. The molecule has 0 amide bonds. The summed E-state index contributed by atoms with van der Waals surface area (Å²) in [7, 11) is 0. The van der Waals surface area contributed by atoms with Gasteiger partial charge in [-0.05, 0) is 17.0 Å². The van der Waals surface area contributed by atoms with Crippen LogP contribution in [0.5, 0.6) is 5.88 Å². The molecule has 1 aliphatic rings. The number of hydrogen-bond acceptors (Lipinski definition) is 3. The third-order valence-corrected chi connectivity index (χ3v) is 2.62. The molecule has 1 aromatic heterocycles. The Labute approximate surface area is 90.9 Å². The largest absolute Gasteiger partial charge is 0.476 e. The zero-order valence-electron chi connectivity index (χ0n) is 9.63. The fraction of sp³-hybridized carbons (Fsp3) is 0.583. The first-order valence-electron chi connectivity index (χ1n) is 5.40. The summed E-state index contributed by atoms with van der Waals surface area (Å²) in [5.74, 6) is 0.785. The minimum Gasteiger partial charge on any atom is -0.476 e. The van der Waals surface area contributed by atoms with Crippen LogP contribution in [-0.4, -0.2) is 18.1 Å². The van der Waals surface area contributed by atoms with Crippen molar-refractivity contribution in [3.05, 3.63) is 23.4 Å². The van der Waals surface area contributed by atoms with Gasteiger partial charge in [0.1, 0.15) is 6.61 Å². The minimum absolute atomic E-state index is 0.147. The van der Waals surface area contributed by atoms with Gasteiger partial charge in [-0.25, -0.2) is 4.98 Å². The Kier molecular flexibility index (Phi) is 2.65. The Morgan fingerprint density at radius 1 is 1.40 bits per heavy atom. The number of nitrogens with one attached hydrogen (secondary N) is 1. The molecule has 1 aliphatic heterocycles. The van der Waals surface area contributed by atoms with Crippen molar-refractivity contribution >= 4 is 0 Å². The van der Waals surface area contributed by atoms with E-state index in [1.165, 1.54) is 11.1 Å². The molecule has 0 saturated carbocycles. The Bertz CT molecular complexity index is 355. The third-order valence-electron chi connectivity index (χ3n) is 2.62. The smallest absolute Gasteiger partial charge is 0.217 e. The zero-order valence-corrected chi connectivity index (χ0v) is 9.63. The summed E-state index contributed by atoms with van der Waals surface area (Å²) >= 11 is 0. The van der Waals surface area contributed by atoms with E-state index in [0.717, 1.165) is 19.0 Å². The van der Waals surface area contributed by atoms with Gasteiger partial charge in [0.05, 0.1) is 0 Å². The van der Waals surface area contributed by atoms with Crippen molar-refractivity contribution in [2.45, 2.75) is 32.7 Å². The molecular weight excluding hydrogens is 188 g/mol. The lowest BCUT2D eigenvalue weighted by molar-refractivity contribution is 0.313. The summed E-state index contributed by atoms with van der Waals surface area (Å²) in [6, 6.07) is 2.20.